The molecule has 2 N–H and O–H groups in total. The average Bonchev–Trinajstić information content (AvgIpc) is 3.10. The molecule has 1 heterocycles. The SMILES string of the molecule is CCOc1ccc(C(=O)c2c(O)c(O)n(-c3ccc(OC)cc3)c2-c2ccc(Br)cc2)cc1. The fraction of sp³-hybridized carbons (Fsp3) is 0.115. The molecule has 0 aliphatic carbocycles. The fourth-order valence-electron chi connectivity index (χ4n) is 3.64. The van der Waals surface area contributed by atoms with Gasteiger partial charge in [0.25, 0.3) is 0 Å². The van der Waals surface area contributed by atoms with Crippen LogP contribution in [-0.4, -0.2) is 34.3 Å². The smallest absolute Gasteiger partial charge is 0.240 e. The molecular weight excluding hydrogens is 486 g/mol. The van der Waals surface area contributed by atoms with E-state index in [0.29, 0.717) is 40.6 Å². The summed E-state index contributed by atoms with van der Waals surface area (Å²) in [5.41, 5.74) is 1.96. The predicted molar refractivity (Wildman–Crippen MR) is 130 cm³/mol. The minimum atomic E-state index is -0.484. The number of aromatic hydroxyl groups is 2. The van der Waals surface area contributed by atoms with Gasteiger partial charge in [-0.1, -0.05) is 28.1 Å². The molecule has 0 aliphatic heterocycles. The molecule has 6 nitrogen and oxygen atoms in total. The third-order valence-corrected chi connectivity index (χ3v) is 5.75. The summed E-state index contributed by atoms with van der Waals surface area (Å²) >= 11 is 3.42. The highest BCUT2D eigenvalue weighted by atomic mass is 79.9. The molecule has 0 amide bonds. The number of halogens is 1. The minimum Gasteiger partial charge on any atom is -0.503 e. The predicted octanol–water partition coefficient (Wildman–Crippen LogP) is 5.96. The first-order chi connectivity index (χ1) is 15.9. The molecule has 3 aromatic carbocycles. The first-order valence-corrected chi connectivity index (χ1v) is 11.1. The molecule has 0 unspecified atom stereocenters. The molecule has 168 valence electrons. The summed E-state index contributed by atoms with van der Waals surface area (Å²) in [6.07, 6.45) is 0. The number of benzene rings is 3. The van der Waals surface area contributed by atoms with Crippen molar-refractivity contribution in [3.63, 3.8) is 0 Å². The van der Waals surface area contributed by atoms with Crippen molar-refractivity contribution in [1.82, 2.24) is 4.57 Å². The fourth-order valence-corrected chi connectivity index (χ4v) is 3.90. The second-order valence-electron chi connectivity index (χ2n) is 7.22. The van der Waals surface area contributed by atoms with E-state index in [2.05, 4.69) is 15.9 Å². The van der Waals surface area contributed by atoms with Crippen LogP contribution in [0.15, 0.2) is 77.3 Å². The number of carbonyl (C=O) groups excluding carboxylic acids is 1. The van der Waals surface area contributed by atoms with E-state index < -0.39 is 17.4 Å². The number of ketones is 1. The summed E-state index contributed by atoms with van der Waals surface area (Å²) in [7, 11) is 1.56. The van der Waals surface area contributed by atoms with Crippen molar-refractivity contribution in [2.24, 2.45) is 0 Å². The Hall–Kier alpha value is -3.71. The Bertz CT molecular complexity index is 1280. The number of hydrogen-bond donors (Lipinski definition) is 2. The second kappa shape index (κ2) is 9.42. The van der Waals surface area contributed by atoms with Crippen molar-refractivity contribution in [2.75, 3.05) is 13.7 Å². The molecule has 0 spiro atoms. The van der Waals surface area contributed by atoms with Crippen molar-refractivity contribution >= 4 is 21.7 Å². The van der Waals surface area contributed by atoms with Gasteiger partial charge in [0, 0.05) is 15.7 Å². The summed E-state index contributed by atoms with van der Waals surface area (Å²) in [6, 6.07) is 20.9. The highest BCUT2D eigenvalue weighted by Crippen LogP contribution is 2.44. The maximum absolute atomic E-state index is 13.5. The highest BCUT2D eigenvalue weighted by Gasteiger charge is 2.29. The van der Waals surface area contributed by atoms with Crippen LogP contribution in [0.4, 0.5) is 0 Å². The summed E-state index contributed by atoms with van der Waals surface area (Å²) < 4.78 is 13.0. The maximum atomic E-state index is 13.5. The molecule has 4 aromatic rings. The van der Waals surface area contributed by atoms with Gasteiger partial charge in [-0.3, -0.25) is 9.36 Å². The van der Waals surface area contributed by atoms with Gasteiger partial charge >= 0.3 is 0 Å². The van der Waals surface area contributed by atoms with Crippen LogP contribution in [0.1, 0.15) is 22.8 Å². The number of rotatable bonds is 7. The largest absolute Gasteiger partial charge is 0.503 e. The number of nitrogens with zero attached hydrogens (tertiary/aromatic N) is 1. The Morgan fingerprint density at radius 1 is 0.909 bits per heavy atom. The Morgan fingerprint density at radius 2 is 1.52 bits per heavy atom. The highest BCUT2D eigenvalue weighted by molar-refractivity contribution is 9.10. The Morgan fingerprint density at radius 3 is 2.09 bits per heavy atom. The maximum Gasteiger partial charge on any atom is 0.240 e. The van der Waals surface area contributed by atoms with Gasteiger partial charge in [-0.2, -0.15) is 0 Å². The number of hydrogen-bond acceptors (Lipinski definition) is 5. The number of aromatic nitrogens is 1. The lowest BCUT2D eigenvalue weighted by Crippen LogP contribution is -2.05. The van der Waals surface area contributed by atoms with Crippen molar-refractivity contribution in [3.8, 4) is 40.1 Å². The van der Waals surface area contributed by atoms with Crippen molar-refractivity contribution in [1.29, 1.82) is 0 Å². The number of carbonyl (C=O) groups is 1. The van der Waals surface area contributed by atoms with Gasteiger partial charge < -0.3 is 19.7 Å². The molecule has 33 heavy (non-hydrogen) atoms. The lowest BCUT2D eigenvalue weighted by Gasteiger charge is -2.13. The van der Waals surface area contributed by atoms with Crippen LogP contribution in [0, 0.1) is 0 Å². The summed E-state index contributed by atoms with van der Waals surface area (Å²) in [5, 5.41) is 21.8. The number of ether oxygens (including phenoxy) is 2. The van der Waals surface area contributed by atoms with Gasteiger partial charge in [0.1, 0.15) is 11.5 Å². The van der Waals surface area contributed by atoms with Gasteiger partial charge in [-0.05, 0) is 73.2 Å². The van der Waals surface area contributed by atoms with Crippen LogP contribution in [0.25, 0.3) is 16.9 Å². The van der Waals surface area contributed by atoms with E-state index >= 15 is 0 Å². The summed E-state index contributed by atoms with van der Waals surface area (Å²) in [5.74, 6) is -0.0402. The van der Waals surface area contributed by atoms with Crippen molar-refractivity contribution in [2.45, 2.75) is 6.92 Å². The molecule has 0 radical (unpaired) electrons. The van der Waals surface area contributed by atoms with E-state index in [-0.39, 0.29) is 5.56 Å². The molecule has 0 aliphatic rings. The van der Waals surface area contributed by atoms with Crippen LogP contribution in [0.5, 0.6) is 23.1 Å². The Kier molecular flexibility index (Phi) is 6.42. The normalized spacial score (nSPS) is 10.8. The standard InChI is InChI=1S/C26H22BrNO5/c1-3-33-21-12-6-17(7-13-21)24(29)22-23(16-4-8-18(27)9-5-16)28(26(31)25(22)30)19-10-14-20(32-2)15-11-19/h4-15,30-31H,3H2,1-2H3. The van der Waals surface area contributed by atoms with Gasteiger partial charge in [0.2, 0.25) is 5.88 Å². The van der Waals surface area contributed by atoms with E-state index in [1.807, 2.05) is 31.2 Å². The Balaban J connectivity index is 1.92. The van der Waals surface area contributed by atoms with Gasteiger partial charge in [-0.15, -0.1) is 0 Å². The van der Waals surface area contributed by atoms with Crippen LogP contribution in [0.3, 0.4) is 0 Å². The Labute approximate surface area is 199 Å². The topological polar surface area (TPSA) is 80.9 Å². The molecule has 0 saturated heterocycles. The van der Waals surface area contributed by atoms with E-state index in [1.54, 1.807) is 55.6 Å². The molecule has 1 aromatic heterocycles. The van der Waals surface area contributed by atoms with Gasteiger partial charge in [0.05, 0.1) is 25.0 Å². The van der Waals surface area contributed by atoms with Crippen LogP contribution < -0.4 is 9.47 Å². The molecule has 4 rings (SSSR count). The van der Waals surface area contributed by atoms with Crippen LogP contribution >= 0.6 is 15.9 Å². The molecular formula is C26H22BrNO5. The second-order valence-corrected chi connectivity index (χ2v) is 8.14. The zero-order valence-corrected chi connectivity index (χ0v) is 19.7. The van der Waals surface area contributed by atoms with Gasteiger partial charge in [0.15, 0.2) is 11.5 Å². The number of methoxy groups -OCH3 is 1. The molecule has 0 saturated carbocycles. The zero-order chi connectivity index (χ0) is 23.5. The van der Waals surface area contributed by atoms with E-state index in [4.69, 9.17) is 9.47 Å². The first-order valence-electron chi connectivity index (χ1n) is 10.3. The molecule has 7 heteroatoms. The third-order valence-electron chi connectivity index (χ3n) is 5.22. The van der Waals surface area contributed by atoms with Crippen molar-refractivity contribution < 1.29 is 24.5 Å². The van der Waals surface area contributed by atoms with Crippen LogP contribution in [0.2, 0.25) is 0 Å². The zero-order valence-electron chi connectivity index (χ0n) is 18.1. The lowest BCUT2D eigenvalue weighted by atomic mass is 9.99. The average molecular weight is 508 g/mol. The molecule has 0 atom stereocenters. The summed E-state index contributed by atoms with van der Waals surface area (Å²) in [6.45, 7) is 2.40. The quantitative estimate of drug-likeness (QED) is 0.302. The van der Waals surface area contributed by atoms with E-state index in [1.165, 1.54) is 4.57 Å². The molecule has 0 fully saturated rings. The molecule has 0 bridgehead atoms. The monoisotopic (exact) mass is 507 g/mol. The summed E-state index contributed by atoms with van der Waals surface area (Å²) in [4.78, 5) is 13.5. The third kappa shape index (κ3) is 4.32. The van der Waals surface area contributed by atoms with Crippen molar-refractivity contribution in [3.05, 3.63) is 88.4 Å². The van der Waals surface area contributed by atoms with E-state index in [9.17, 15) is 15.0 Å². The first kappa shape index (κ1) is 22.5. The van der Waals surface area contributed by atoms with Crippen LogP contribution in [-0.2, 0) is 0 Å². The minimum absolute atomic E-state index is 0.00907. The van der Waals surface area contributed by atoms with Gasteiger partial charge in [-0.25, -0.2) is 0 Å². The lowest BCUT2D eigenvalue weighted by molar-refractivity contribution is 0.103. The van der Waals surface area contributed by atoms with E-state index in [0.717, 1.165) is 4.47 Å².